The molecule has 0 spiro atoms. The van der Waals surface area contributed by atoms with Crippen LogP contribution in [0.4, 0.5) is 10.1 Å². The van der Waals surface area contributed by atoms with Gasteiger partial charge >= 0.3 is 0 Å². The van der Waals surface area contributed by atoms with E-state index in [4.69, 9.17) is 0 Å². The molecular weight excluding hydrogens is 469 g/mol. The summed E-state index contributed by atoms with van der Waals surface area (Å²) in [5.74, 6) is -0.822. The Kier molecular flexibility index (Phi) is 6.53. The lowest BCUT2D eigenvalue weighted by Crippen LogP contribution is -2.29. The first-order valence-corrected chi connectivity index (χ1v) is 11.7. The normalized spacial score (nSPS) is 14.7. The number of nitrogens with one attached hydrogen (secondary N) is 1. The molecule has 156 valence electrons. The highest BCUT2D eigenvalue weighted by Crippen LogP contribution is 2.31. The number of aromatic nitrogens is 2. The zero-order valence-electron chi connectivity index (χ0n) is 16.2. The second-order valence-corrected chi connectivity index (χ2v) is 9.20. The summed E-state index contributed by atoms with van der Waals surface area (Å²) < 4.78 is 16.4. The van der Waals surface area contributed by atoms with Gasteiger partial charge in [0.15, 0.2) is 5.16 Å². The number of para-hydroxylation sites is 1. The molecule has 0 bridgehead atoms. The second-order valence-electron chi connectivity index (χ2n) is 7.34. The molecule has 3 aromatic rings. The van der Waals surface area contributed by atoms with Gasteiger partial charge in [0.1, 0.15) is 5.82 Å². The third kappa shape index (κ3) is 4.59. The molecule has 30 heavy (non-hydrogen) atoms. The minimum absolute atomic E-state index is 0.0347. The van der Waals surface area contributed by atoms with Crippen LogP contribution >= 0.6 is 27.7 Å². The fourth-order valence-electron chi connectivity index (χ4n) is 3.80. The molecule has 1 N–H and O–H groups in total. The first-order valence-electron chi connectivity index (χ1n) is 9.92. The predicted molar refractivity (Wildman–Crippen MR) is 122 cm³/mol. The van der Waals surface area contributed by atoms with Crippen LogP contribution < -0.4 is 10.9 Å². The summed E-state index contributed by atoms with van der Waals surface area (Å²) in [6, 6.07) is 11.9. The van der Waals surface area contributed by atoms with E-state index in [2.05, 4.69) is 26.2 Å². The van der Waals surface area contributed by atoms with Crippen molar-refractivity contribution in [2.45, 2.75) is 43.3 Å². The first kappa shape index (κ1) is 21.1. The van der Waals surface area contributed by atoms with Gasteiger partial charge in [0.25, 0.3) is 5.56 Å². The Morgan fingerprint density at radius 1 is 1.20 bits per heavy atom. The molecule has 0 radical (unpaired) electrons. The number of nitrogens with zero attached hydrogens (tertiary/aromatic N) is 2. The van der Waals surface area contributed by atoms with Gasteiger partial charge in [-0.3, -0.25) is 14.2 Å². The number of rotatable bonds is 5. The summed E-state index contributed by atoms with van der Waals surface area (Å²) in [4.78, 5) is 30.3. The van der Waals surface area contributed by atoms with E-state index >= 15 is 0 Å². The number of thioether (sulfide) groups is 1. The minimum atomic E-state index is -0.509. The maximum Gasteiger partial charge on any atom is 0.262 e. The monoisotopic (exact) mass is 489 g/mol. The van der Waals surface area contributed by atoms with E-state index in [1.807, 2.05) is 18.2 Å². The standard InChI is InChI=1S/C22H21BrFN3O2S/c23-14-10-11-19(17(24)12-14)25-20(28)13-30-22-26-18-9-5-4-8-16(18)21(29)27(22)15-6-2-1-3-7-15/h4-5,8-12,15H,1-3,6-7,13H2,(H,25,28). The Hall–Kier alpha value is -2.19. The molecule has 1 saturated carbocycles. The van der Waals surface area contributed by atoms with Crippen molar-refractivity contribution in [1.82, 2.24) is 9.55 Å². The number of hydrogen-bond donors (Lipinski definition) is 1. The molecule has 4 rings (SSSR count). The number of fused-ring (bicyclic) bond motifs is 1. The molecule has 0 unspecified atom stereocenters. The molecule has 1 heterocycles. The van der Waals surface area contributed by atoms with Gasteiger partial charge in [-0.25, -0.2) is 9.37 Å². The number of hydrogen-bond acceptors (Lipinski definition) is 4. The number of carbonyl (C=O) groups excluding carboxylic acids is 1. The Balaban J connectivity index is 1.59. The number of anilines is 1. The first-order chi connectivity index (χ1) is 14.5. The van der Waals surface area contributed by atoms with E-state index in [0.29, 0.717) is 20.5 Å². The Labute approximate surface area is 186 Å². The summed E-state index contributed by atoms with van der Waals surface area (Å²) >= 11 is 4.41. The van der Waals surface area contributed by atoms with Gasteiger partial charge in [-0.15, -0.1) is 0 Å². The zero-order valence-corrected chi connectivity index (χ0v) is 18.6. The summed E-state index contributed by atoms with van der Waals surface area (Å²) in [5.41, 5.74) is 0.686. The van der Waals surface area contributed by atoms with Crippen LogP contribution in [0.5, 0.6) is 0 Å². The van der Waals surface area contributed by atoms with Crippen molar-refractivity contribution in [1.29, 1.82) is 0 Å². The maximum absolute atomic E-state index is 14.0. The van der Waals surface area contributed by atoms with Crippen LogP contribution in [0.25, 0.3) is 10.9 Å². The topological polar surface area (TPSA) is 64.0 Å². The molecule has 1 aliphatic carbocycles. The maximum atomic E-state index is 14.0. The summed E-state index contributed by atoms with van der Waals surface area (Å²) in [7, 11) is 0. The van der Waals surface area contributed by atoms with Crippen LogP contribution in [-0.4, -0.2) is 21.2 Å². The van der Waals surface area contributed by atoms with E-state index in [0.717, 1.165) is 25.7 Å². The zero-order chi connectivity index (χ0) is 21.1. The molecule has 1 aromatic heterocycles. The van der Waals surface area contributed by atoms with Crippen molar-refractivity contribution < 1.29 is 9.18 Å². The van der Waals surface area contributed by atoms with Crippen molar-refractivity contribution in [2.24, 2.45) is 0 Å². The second kappa shape index (κ2) is 9.31. The van der Waals surface area contributed by atoms with Crippen LogP contribution in [-0.2, 0) is 4.79 Å². The summed E-state index contributed by atoms with van der Waals surface area (Å²) in [6.45, 7) is 0. The van der Waals surface area contributed by atoms with E-state index in [9.17, 15) is 14.0 Å². The average molecular weight is 490 g/mol. The molecule has 2 aromatic carbocycles. The summed E-state index contributed by atoms with van der Waals surface area (Å²) in [5, 5.41) is 3.72. The van der Waals surface area contributed by atoms with Gasteiger partial charge < -0.3 is 5.32 Å². The molecule has 0 atom stereocenters. The number of halogens is 2. The van der Waals surface area contributed by atoms with Crippen molar-refractivity contribution in [2.75, 3.05) is 11.1 Å². The number of amides is 1. The van der Waals surface area contributed by atoms with E-state index in [-0.39, 0.29) is 28.9 Å². The van der Waals surface area contributed by atoms with Crippen LogP contribution in [0.15, 0.2) is 56.9 Å². The fraction of sp³-hybridized carbons (Fsp3) is 0.318. The molecule has 1 fully saturated rings. The number of benzene rings is 2. The summed E-state index contributed by atoms with van der Waals surface area (Å²) in [6.07, 6.45) is 5.21. The Morgan fingerprint density at radius 3 is 2.73 bits per heavy atom. The fourth-order valence-corrected chi connectivity index (χ4v) is 5.00. The van der Waals surface area contributed by atoms with E-state index in [1.54, 1.807) is 16.7 Å². The van der Waals surface area contributed by atoms with Crippen molar-refractivity contribution in [3.05, 3.63) is 63.1 Å². The van der Waals surface area contributed by atoms with Gasteiger partial charge in [0.2, 0.25) is 5.91 Å². The van der Waals surface area contributed by atoms with Gasteiger partial charge in [-0.1, -0.05) is 59.1 Å². The van der Waals surface area contributed by atoms with Gasteiger partial charge in [-0.2, -0.15) is 0 Å². The van der Waals surface area contributed by atoms with Crippen LogP contribution in [0.2, 0.25) is 0 Å². The highest BCUT2D eigenvalue weighted by atomic mass is 79.9. The van der Waals surface area contributed by atoms with Gasteiger partial charge in [0, 0.05) is 10.5 Å². The molecule has 0 saturated heterocycles. The third-order valence-electron chi connectivity index (χ3n) is 5.25. The van der Waals surface area contributed by atoms with Crippen LogP contribution in [0.1, 0.15) is 38.1 Å². The van der Waals surface area contributed by atoms with Crippen molar-refractivity contribution in [3.63, 3.8) is 0 Å². The quantitative estimate of drug-likeness (QED) is 0.377. The SMILES string of the molecule is O=C(CSc1nc2ccccc2c(=O)n1C1CCCCC1)Nc1ccc(Br)cc1F. The Bertz CT molecular complexity index is 1140. The molecular formula is C22H21BrFN3O2S. The predicted octanol–water partition coefficient (Wildman–Crippen LogP) is 5.53. The average Bonchev–Trinajstić information content (AvgIpc) is 2.75. The molecule has 8 heteroatoms. The molecule has 1 aliphatic rings. The van der Waals surface area contributed by atoms with E-state index in [1.165, 1.54) is 30.3 Å². The third-order valence-corrected chi connectivity index (χ3v) is 6.70. The lowest BCUT2D eigenvalue weighted by Gasteiger charge is -2.26. The van der Waals surface area contributed by atoms with Crippen molar-refractivity contribution >= 4 is 50.2 Å². The minimum Gasteiger partial charge on any atom is -0.323 e. The largest absolute Gasteiger partial charge is 0.323 e. The van der Waals surface area contributed by atoms with Crippen LogP contribution in [0.3, 0.4) is 0 Å². The number of carbonyl (C=O) groups is 1. The van der Waals surface area contributed by atoms with Gasteiger partial charge in [-0.05, 0) is 43.2 Å². The van der Waals surface area contributed by atoms with E-state index < -0.39 is 5.82 Å². The van der Waals surface area contributed by atoms with Gasteiger partial charge in [0.05, 0.1) is 22.3 Å². The highest BCUT2D eigenvalue weighted by molar-refractivity contribution is 9.10. The molecule has 1 amide bonds. The van der Waals surface area contributed by atoms with Crippen LogP contribution in [0, 0.1) is 5.82 Å². The molecule has 0 aliphatic heterocycles. The Morgan fingerprint density at radius 2 is 1.97 bits per heavy atom. The lowest BCUT2D eigenvalue weighted by atomic mass is 9.95. The molecule has 5 nitrogen and oxygen atoms in total. The lowest BCUT2D eigenvalue weighted by molar-refractivity contribution is -0.113. The smallest absolute Gasteiger partial charge is 0.262 e. The highest BCUT2D eigenvalue weighted by Gasteiger charge is 2.22. The van der Waals surface area contributed by atoms with Crippen molar-refractivity contribution in [3.8, 4) is 0 Å².